The standard InChI is InChI=1S/C39H54ClN7O4/c1-25-16-29-28(19-41-47(29)30-10-7-8-15-50-30)32(33(25)40)31-26(2)46(27-17-38(18-27)20-43(21-38)35(48)51-36(3,4)5)42-34(31)45-14-13-44(37(6)23-49-24-37)22-39(45)11-9-12-39/h16,19,27,30H,7-15,17-18,20-24H2,1-6H3. The van der Waals surface area contributed by atoms with Gasteiger partial charge in [0.05, 0.1) is 47.1 Å². The molecular formula is C39H54ClN7O4. The lowest BCUT2D eigenvalue weighted by molar-refractivity contribution is -0.143. The predicted octanol–water partition coefficient (Wildman–Crippen LogP) is 7.27. The topological polar surface area (TPSA) is 90.1 Å². The summed E-state index contributed by atoms with van der Waals surface area (Å²) >= 11 is 7.42. The summed E-state index contributed by atoms with van der Waals surface area (Å²) in [6.07, 6.45) is 10.5. The van der Waals surface area contributed by atoms with E-state index in [-0.39, 0.29) is 34.9 Å². The lowest BCUT2D eigenvalue weighted by Crippen LogP contribution is -2.72. The van der Waals surface area contributed by atoms with Gasteiger partial charge in [0.1, 0.15) is 5.60 Å². The summed E-state index contributed by atoms with van der Waals surface area (Å²) in [7, 11) is 0. The van der Waals surface area contributed by atoms with Gasteiger partial charge in [0.15, 0.2) is 12.0 Å². The molecule has 2 aromatic heterocycles. The van der Waals surface area contributed by atoms with Gasteiger partial charge in [0.2, 0.25) is 0 Å². The maximum atomic E-state index is 12.8. The van der Waals surface area contributed by atoms with Crippen LogP contribution in [-0.4, -0.2) is 105 Å². The zero-order valence-corrected chi connectivity index (χ0v) is 32.0. The van der Waals surface area contributed by atoms with Crippen molar-refractivity contribution >= 4 is 34.4 Å². The van der Waals surface area contributed by atoms with Gasteiger partial charge in [0.25, 0.3) is 0 Å². The summed E-state index contributed by atoms with van der Waals surface area (Å²) in [6.45, 7) is 19.3. The van der Waals surface area contributed by atoms with E-state index in [1.807, 2.05) is 31.9 Å². The second-order valence-corrected chi connectivity index (χ2v) is 18.4. The van der Waals surface area contributed by atoms with Gasteiger partial charge in [-0.05, 0) is 105 Å². The summed E-state index contributed by atoms with van der Waals surface area (Å²) in [6, 6.07) is 2.45. The van der Waals surface area contributed by atoms with Crippen LogP contribution in [0.15, 0.2) is 12.3 Å². The van der Waals surface area contributed by atoms with Crippen molar-refractivity contribution in [3.63, 3.8) is 0 Å². The van der Waals surface area contributed by atoms with E-state index < -0.39 is 5.60 Å². The highest BCUT2D eigenvalue weighted by atomic mass is 35.5. The van der Waals surface area contributed by atoms with Crippen LogP contribution in [0.2, 0.25) is 5.02 Å². The Balaban J connectivity index is 1.10. The van der Waals surface area contributed by atoms with Crippen molar-refractivity contribution < 1.29 is 19.0 Å². The van der Waals surface area contributed by atoms with Crippen molar-refractivity contribution in [1.82, 2.24) is 29.4 Å². The Hall–Kier alpha value is -2.86. The normalized spacial score (nSPS) is 25.8. The van der Waals surface area contributed by atoms with Crippen LogP contribution >= 0.6 is 11.6 Å². The molecule has 9 rings (SSSR count). The predicted molar refractivity (Wildman–Crippen MR) is 198 cm³/mol. The highest BCUT2D eigenvalue weighted by Crippen LogP contribution is 2.57. The monoisotopic (exact) mass is 719 g/mol. The number of piperazine rings is 1. The number of halogens is 1. The van der Waals surface area contributed by atoms with E-state index in [1.165, 1.54) is 6.42 Å². The highest BCUT2D eigenvalue weighted by Gasteiger charge is 2.57. The zero-order chi connectivity index (χ0) is 35.5. The summed E-state index contributed by atoms with van der Waals surface area (Å²) in [5, 5.41) is 12.4. The fraction of sp³-hybridized carbons (Fsp3) is 0.718. The maximum Gasteiger partial charge on any atom is 0.410 e. The third kappa shape index (κ3) is 5.42. The molecule has 1 aromatic carbocycles. The molecule has 4 aliphatic heterocycles. The van der Waals surface area contributed by atoms with Crippen LogP contribution in [-0.2, 0) is 14.2 Å². The van der Waals surface area contributed by atoms with Gasteiger partial charge in [0, 0.05) is 67.0 Å². The average molecular weight is 720 g/mol. The number of carbonyl (C=O) groups is 1. The summed E-state index contributed by atoms with van der Waals surface area (Å²) in [5.74, 6) is 1.06. The lowest BCUT2D eigenvalue weighted by Gasteiger charge is -2.61. The summed E-state index contributed by atoms with van der Waals surface area (Å²) < 4.78 is 22.0. The number of ether oxygens (including phenoxy) is 3. The highest BCUT2D eigenvalue weighted by molar-refractivity contribution is 6.36. The number of aryl methyl sites for hydroxylation is 1. The molecule has 276 valence electrons. The molecule has 2 spiro atoms. The SMILES string of the molecule is Cc1cc2c(cnn2C2CCCCO2)c(-c2c(N3CCN(C4(C)COC4)CC34CCC4)nn(C3CC4(C3)CN(C(=O)OC(C)(C)C)C4)c2C)c1Cl. The molecule has 0 radical (unpaired) electrons. The Morgan fingerprint density at radius 3 is 2.41 bits per heavy atom. The van der Waals surface area contributed by atoms with Crippen molar-refractivity contribution in [1.29, 1.82) is 0 Å². The number of rotatable bonds is 5. The Bertz CT molecular complexity index is 1850. The van der Waals surface area contributed by atoms with Crippen molar-refractivity contribution in [3.05, 3.63) is 28.5 Å². The van der Waals surface area contributed by atoms with E-state index in [0.29, 0.717) is 0 Å². The number of hydrogen-bond acceptors (Lipinski definition) is 8. The number of aromatic nitrogens is 4. The molecule has 1 unspecified atom stereocenters. The number of benzene rings is 1. The minimum absolute atomic E-state index is 0.0372. The van der Waals surface area contributed by atoms with E-state index >= 15 is 0 Å². The van der Waals surface area contributed by atoms with Crippen LogP contribution in [0, 0.1) is 19.3 Å². The van der Waals surface area contributed by atoms with Gasteiger partial charge in [-0.25, -0.2) is 9.48 Å². The molecule has 2 saturated carbocycles. The molecule has 4 saturated heterocycles. The third-order valence-electron chi connectivity index (χ3n) is 13.0. The number of anilines is 1. The smallest absolute Gasteiger partial charge is 0.410 e. The first-order valence-electron chi connectivity index (χ1n) is 19.2. The maximum absolute atomic E-state index is 12.8. The van der Waals surface area contributed by atoms with Gasteiger partial charge >= 0.3 is 6.09 Å². The molecule has 6 heterocycles. The first kappa shape index (κ1) is 33.9. The molecule has 0 bridgehead atoms. The minimum Gasteiger partial charge on any atom is -0.444 e. The second-order valence-electron chi connectivity index (χ2n) is 18.0. The summed E-state index contributed by atoms with van der Waals surface area (Å²) in [5.41, 5.74) is 5.23. The molecule has 3 aromatic rings. The van der Waals surface area contributed by atoms with Crippen molar-refractivity contribution in [2.75, 3.05) is 57.4 Å². The fourth-order valence-electron chi connectivity index (χ4n) is 9.98. The molecule has 2 aliphatic carbocycles. The number of likely N-dealkylation sites (tertiary alicyclic amines) is 1. The second kappa shape index (κ2) is 11.8. The number of amides is 1. The first-order chi connectivity index (χ1) is 24.3. The Labute approximate surface area is 306 Å². The molecule has 1 amide bonds. The largest absolute Gasteiger partial charge is 0.444 e. The third-order valence-corrected chi connectivity index (χ3v) is 13.5. The van der Waals surface area contributed by atoms with E-state index in [2.05, 4.69) is 46.0 Å². The number of hydrogen-bond donors (Lipinski definition) is 0. The van der Waals surface area contributed by atoms with E-state index in [9.17, 15) is 4.79 Å². The molecule has 12 heteroatoms. The molecule has 51 heavy (non-hydrogen) atoms. The minimum atomic E-state index is -0.490. The fourth-order valence-corrected chi connectivity index (χ4v) is 10.2. The van der Waals surface area contributed by atoms with Crippen molar-refractivity contribution in [2.24, 2.45) is 5.41 Å². The van der Waals surface area contributed by atoms with E-state index in [1.54, 1.807) is 0 Å². The van der Waals surface area contributed by atoms with Crippen LogP contribution in [0.4, 0.5) is 10.6 Å². The molecule has 1 atom stereocenters. The molecule has 0 N–H and O–H groups in total. The van der Waals surface area contributed by atoms with E-state index in [4.69, 9.17) is 36.0 Å². The first-order valence-corrected chi connectivity index (χ1v) is 19.6. The van der Waals surface area contributed by atoms with Gasteiger partial charge in [-0.15, -0.1) is 0 Å². The van der Waals surface area contributed by atoms with Crippen LogP contribution < -0.4 is 4.90 Å². The molecule has 6 aliphatic rings. The van der Waals surface area contributed by atoms with Crippen LogP contribution in [0.5, 0.6) is 0 Å². The Morgan fingerprint density at radius 2 is 1.78 bits per heavy atom. The number of fused-ring (bicyclic) bond motifs is 1. The van der Waals surface area contributed by atoms with Crippen molar-refractivity contribution in [2.45, 2.75) is 122 Å². The van der Waals surface area contributed by atoms with Crippen LogP contribution in [0.25, 0.3) is 22.0 Å². The Kier molecular flexibility index (Phi) is 7.87. The lowest BCUT2D eigenvalue weighted by atomic mass is 9.61. The summed E-state index contributed by atoms with van der Waals surface area (Å²) in [4.78, 5) is 20.0. The molecule has 6 fully saturated rings. The van der Waals surface area contributed by atoms with Crippen LogP contribution in [0.1, 0.15) is 103 Å². The zero-order valence-electron chi connectivity index (χ0n) is 31.3. The van der Waals surface area contributed by atoms with Crippen molar-refractivity contribution in [3.8, 4) is 11.1 Å². The van der Waals surface area contributed by atoms with Gasteiger partial charge < -0.3 is 24.0 Å². The van der Waals surface area contributed by atoms with E-state index in [0.717, 1.165) is 142 Å². The number of carbonyl (C=O) groups excluding carboxylic acids is 1. The van der Waals surface area contributed by atoms with Crippen LogP contribution in [0.3, 0.4) is 0 Å². The van der Waals surface area contributed by atoms with Gasteiger partial charge in [-0.3, -0.25) is 9.58 Å². The van der Waals surface area contributed by atoms with Gasteiger partial charge in [-0.1, -0.05) is 11.6 Å². The average Bonchev–Trinajstić information content (AvgIpc) is 3.58. The number of nitrogens with zero attached hydrogens (tertiary/aromatic N) is 7. The quantitative estimate of drug-likeness (QED) is 0.272. The Morgan fingerprint density at radius 1 is 1.02 bits per heavy atom. The van der Waals surface area contributed by atoms with Gasteiger partial charge in [-0.2, -0.15) is 10.2 Å². The molecule has 11 nitrogen and oxygen atoms in total. The molecular weight excluding hydrogens is 666 g/mol.